The van der Waals surface area contributed by atoms with Crippen molar-refractivity contribution >= 4 is 46.0 Å². The molecular formula is C57H92ClN5O16. The second-order valence-corrected chi connectivity index (χ2v) is 24.5. The number of ether oxygens (including phenoxy) is 7. The number of aliphatic hydroxyl groups is 4. The van der Waals surface area contributed by atoms with Gasteiger partial charge in [0.05, 0.1) is 57.8 Å². The molecule has 0 spiro atoms. The maximum absolute atomic E-state index is 14.6. The first kappa shape index (κ1) is 64.6. The van der Waals surface area contributed by atoms with Crippen LogP contribution in [0, 0.1) is 17.8 Å². The number of benzene rings is 1. The van der Waals surface area contributed by atoms with Crippen molar-refractivity contribution in [2.75, 3.05) is 59.8 Å². The van der Waals surface area contributed by atoms with Crippen LogP contribution in [0.5, 0.6) is 0 Å². The van der Waals surface area contributed by atoms with Gasteiger partial charge in [-0.15, -0.1) is 0 Å². The average Bonchev–Trinajstić information content (AvgIpc) is 4.31. The van der Waals surface area contributed by atoms with Crippen LogP contribution in [0.2, 0.25) is 5.02 Å². The molecule has 4 fully saturated rings. The average molecular weight is 1140 g/mol. The van der Waals surface area contributed by atoms with Crippen LogP contribution in [0.3, 0.4) is 0 Å². The second-order valence-electron chi connectivity index (χ2n) is 24.1. The number of aliphatic hydroxyl groups excluding tert-OH is 2. The zero-order valence-electron chi connectivity index (χ0n) is 48.9. The van der Waals surface area contributed by atoms with Gasteiger partial charge in [-0.1, -0.05) is 32.4 Å². The fraction of sp³-hybridized carbons (Fsp3) is 0.789. The number of nitrogens with one attached hydrogen (secondary N) is 2. The van der Waals surface area contributed by atoms with Crippen molar-refractivity contribution in [3.63, 3.8) is 0 Å². The molecule has 3 saturated heterocycles. The van der Waals surface area contributed by atoms with Gasteiger partial charge in [0.2, 0.25) is 11.3 Å². The largest absolute Gasteiger partial charge is 0.477 e. The summed E-state index contributed by atoms with van der Waals surface area (Å²) >= 11 is 6.62. The molecule has 1 amide bonds. The fourth-order valence-electron chi connectivity index (χ4n) is 12.3. The summed E-state index contributed by atoms with van der Waals surface area (Å²) < 4.78 is 47.2. The van der Waals surface area contributed by atoms with Gasteiger partial charge in [-0.2, -0.15) is 0 Å². The maximum atomic E-state index is 14.6. The van der Waals surface area contributed by atoms with Gasteiger partial charge in [0.15, 0.2) is 12.6 Å². The summed E-state index contributed by atoms with van der Waals surface area (Å²) in [5, 5.41) is 64.5. The quantitative estimate of drug-likeness (QED) is 0.0770. The third-order valence-electron chi connectivity index (χ3n) is 17.1. The van der Waals surface area contributed by atoms with Gasteiger partial charge in [0.25, 0.3) is 0 Å². The third kappa shape index (κ3) is 15.2. The summed E-state index contributed by atoms with van der Waals surface area (Å²) in [5.74, 6) is -4.32. The number of anilines is 1. The number of hydrogen-bond acceptors (Lipinski definition) is 18. The highest BCUT2D eigenvalue weighted by atomic mass is 35.5. The van der Waals surface area contributed by atoms with Crippen LogP contribution in [0.1, 0.15) is 137 Å². The molecule has 6 rings (SSSR count). The molecule has 1 aliphatic carbocycles. The van der Waals surface area contributed by atoms with E-state index in [1.165, 1.54) is 13.1 Å². The lowest BCUT2D eigenvalue weighted by atomic mass is 9.77. The van der Waals surface area contributed by atoms with E-state index in [9.17, 15) is 44.7 Å². The minimum Gasteiger partial charge on any atom is -0.477 e. The molecule has 0 radical (unpaired) electrons. The van der Waals surface area contributed by atoms with E-state index in [0.29, 0.717) is 35.6 Å². The summed E-state index contributed by atoms with van der Waals surface area (Å²) in [4.78, 5) is 56.4. The van der Waals surface area contributed by atoms with E-state index in [2.05, 4.69) is 10.6 Å². The van der Waals surface area contributed by atoms with Gasteiger partial charge in [-0.3, -0.25) is 14.4 Å². The van der Waals surface area contributed by atoms with Crippen molar-refractivity contribution in [1.29, 1.82) is 0 Å². The second kappa shape index (κ2) is 26.8. The van der Waals surface area contributed by atoms with E-state index >= 15 is 0 Å². The van der Waals surface area contributed by atoms with Crippen molar-refractivity contribution in [3.8, 4) is 0 Å². The molecule has 4 heterocycles. The van der Waals surface area contributed by atoms with Gasteiger partial charge >= 0.3 is 11.9 Å². The Hall–Kier alpha value is -3.55. The monoisotopic (exact) mass is 1140 g/mol. The van der Waals surface area contributed by atoms with Gasteiger partial charge in [0, 0.05) is 81.8 Å². The number of methoxy groups -OCH3 is 1. The van der Waals surface area contributed by atoms with Crippen LogP contribution >= 0.6 is 11.6 Å². The van der Waals surface area contributed by atoms with E-state index in [1.807, 2.05) is 65.6 Å². The zero-order chi connectivity index (χ0) is 58.6. The SMILES string of the molecule is CC[C@H]1OC(=O)[C@H](C)[C@@H](O[C@H]2C[C@@](C)(OC)[C@@H](OCCCC(=O)NCCNc3cc4c(=O)c(C(=O)O)cn(C5CC5)c4cc3Cl)[C@H](C)O2)[C@H](C)[C@@H](O[C@@H]2O[C@H](C)C[C@H](N(C)C)[C@H]2O)[C@](C)(O)C[C@@H](C)CN(C)[C@H](C)[C@@H](O)[C@]1(C)O. The van der Waals surface area contributed by atoms with Gasteiger partial charge < -0.3 is 83.7 Å². The van der Waals surface area contributed by atoms with Crippen molar-refractivity contribution in [3.05, 3.63) is 39.1 Å². The number of cyclic esters (lactones) is 1. The number of carboxylic acids is 1. The van der Waals surface area contributed by atoms with E-state index < -0.39 is 107 Å². The number of pyridine rings is 1. The summed E-state index contributed by atoms with van der Waals surface area (Å²) in [6, 6.07) is 2.43. The molecule has 0 unspecified atom stereocenters. The summed E-state index contributed by atoms with van der Waals surface area (Å²) in [6.45, 7) is 18.9. The Kier molecular flexibility index (Phi) is 21.9. The lowest BCUT2D eigenvalue weighted by molar-refractivity contribution is -0.320. The Bertz CT molecular complexity index is 2460. The number of nitrogens with zero attached hydrogens (tertiary/aromatic N) is 3. The van der Waals surface area contributed by atoms with Gasteiger partial charge in [0.1, 0.15) is 35.6 Å². The number of carboxylic acid groups (broad SMARTS) is 1. The smallest absolute Gasteiger partial charge is 0.341 e. The maximum Gasteiger partial charge on any atom is 0.341 e. The van der Waals surface area contributed by atoms with E-state index in [4.69, 9.17) is 44.8 Å². The Morgan fingerprint density at radius 2 is 1.65 bits per heavy atom. The highest BCUT2D eigenvalue weighted by Gasteiger charge is 2.53. The van der Waals surface area contributed by atoms with Crippen LogP contribution < -0.4 is 16.1 Å². The minimum absolute atomic E-state index is 0.111. The highest BCUT2D eigenvalue weighted by Crippen LogP contribution is 2.42. The molecular weight excluding hydrogens is 1050 g/mol. The van der Waals surface area contributed by atoms with E-state index in [1.54, 1.807) is 51.5 Å². The molecule has 0 bridgehead atoms. The molecule has 7 N–H and O–H groups in total. The number of esters is 1. The van der Waals surface area contributed by atoms with Crippen molar-refractivity contribution in [2.45, 2.75) is 217 Å². The molecule has 3 aliphatic heterocycles. The number of rotatable bonds is 18. The van der Waals surface area contributed by atoms with Crippen LogP contribution in [0.4, 0.5) is 5.69 Å². The Balaban J connectivity index is 1.15. The van der Waals surface area contributed by atoms with Gasteiger partial charge in [-0.05, 0) is 126 Å². The number of aromatic carboxylic acids is 1. The first-order valence-electron chi connectivity index (χ1n) is 28.2. The lowest BCUT2D eigenvalue weighted by Gasteiger charge is -2.49. The predicted octanol–water partition coefficient (Wildman–Crippen LogP) is 4.93. The molecule has 1 aromatic carbocycles. The fourth-order valence-corrected chi connectivity index (χ4v) is 12.5. The zero-order valence-corrected chi connectivity index (χ0v) is 49.7. The Morgan fingerprint density at radius 1 is 0.962 bits per heavy atom. The molecule has 79 heavy (non-hydrogen) atoms. The Labute approximate surface area is 470 Å². The van der Waals surface area contributed by atoms with Crippen LogP contribution in [-0.4, -0.2) is 203 Å². The topological polar surface area (TPSA) is 270 Å². The Morgan fingerprint density at radius 3 is 2.27 bits per heavy atom. The predicted molar refractivity (Wildman–Crippen MR) is 297 cm³/mol. The van der Waals surface area contributed by atoms with Crippen molar-refractivity contribution < 1.29 is 73.1 Å². The number of halogens is 1. The standard InChI is InChI=1S/C57H92ClN5O16/c1-15-43-57(10,72)49(67)34(6)62(13)28-30(2)26-55(8,71)50(79-54-47(66)42(61(11)12)23-31(3)75-54)32(4)48(33(5)53(70)77-43)78-45-27-56(9,73-14)51(35(7)76-45)74-22-16-17-44(64)60-21-20-59-40-24-37-41(25-39(40)58)63(36-18-19-36)29-38(46(37)65)52(68)69/h24-25,29-36,42-43,45,47-51,54,59,66-67,71-72H,15-23,26-28H2,1-14H3,(H,60,64)(H,68,69)/t30-,31-,32+,33-,34-,35+,42+,43-,45+,47-,48+,49-,50-,51+,54+,55-,56-,57-/m1/s1. The van der Waals surface area contributed by atoms with Crippen LogP contribution in [-0.2, 0) is 42.7 Å². The highest BCUT2D eigenvalue weighted by molar-refractivity contribution is 6.34. The number of aromatic nitrogens is 1. The number of likely N-dealkylation sites (N-methyl/N-ethyl adjacent to an activating group) is 2. The summed E-state index contributed by atoms with van der Waals surface area (Å²) in [6.07, 6.45) is -4.76. The number of carbonyl (C=O) groups excluding carboxylic acids is 2. The first-order valence-corrected chi connectivity index (χ1v) is 28.6. The third-order valence-corrected chi connectivity index (χ3v) is 17.4. The van der Waals surface area contributed by atoms with Crippen LogP contribution in [0.15, 0.2) is 23.1 Å². The first-order chi connectivity index (χ1) is 37.0. The molecule has 448 valence electrons. The lowest BCUT2D eigenvalue weighted by Crippen LogP contribution is -2.61. The molecule has 22 heteroatoms. The molecule has 2 aromatic rings. The molecule has 1 saturated carbocycles. The van der Waals surface area contributed by atoms with Crippen LogP contribution in [0.25, 0.3) is 10.9 Å². The number of amides is 1. The van der Waals surface area contributed by atoms with Crippen molar-refractivity contribution in [2.24, 2.45) is 17.8 Å². The number of hydrogen-bond donors (Lipinski definition) is 7. The summed E-state index contributed by atoms with van der Waals surface area (Å²) in [7, 11) is 7.14. The molecule has 4 aliphatic rings. The van der Waals surface area contributed by atoms with Gasteiger partial charge in [-0.25, -0.2) is 4.79 Å². The minimum atomic E-state index is -1.86. The number of carbonyl (C=O) groups is 3. The van der Waals surface area contributed by atoms with E-state index in [-0.39, 0.29) is 86.3 Å². The van der Waals surface area contributed by atoms with E-state index in [0.717, 1.165) is 12.8 Å². The summed E-state index contributed by atoms with van der Waals surface area (Å²) in [5.41, 5.74) is -4.38. The number of fused-ring (bicyclic) bond motifs is 1. The normalized spacial score (nSPS) is 37.5. The molecule has 1 aromatic heterocycles. The molecule has 21 nitrogen and oxygen atoms in total. The van der Waals surface area contributed by atoms with Crippen molar-refractivity contribution in [1.82, 2.24) is 19.7 Å². The molecule has 18 atom stereocenters.